The van der Waals surface area contributed by atoms with Crippen molar-refractivity contribution in [1.82, 2.24) is 5.01 Å². The highest BCUT2D eigenvalue weighted by atomic mass is 32.1. The molecule has 4 heteroatoms. The van der Waals surface area contributed by atoms with Crippen molar-refractivity contribution in [2.24, 2.45) is 11.0 Å². The highest BCUT2D eigenvalue weighted by Crippen LogP contribution is 2.31. The number of hydrazone groups is 1. The van der Waals surface area contributed by atoms with Crippen LogP contribution in [0, 0.1) is 5.92 Å². The van der Waals surface area contributed by atoms with Crippen molar-refractivity contribution in [2.45, 2.75) is 26.5 Å². The van der Waals surface area contributed by atoms with E-state index in [1.54, 1.807) is 6.92 Å². The lowest BCUT2D eigenvalue weighted by atomic mass is 9.96. The zero-order chi connectivity index (χ0) is 12.6. The van der Waals surface area contributed by atoms with Gasteiger partial charge < -0.3 is 5.11 Å². The molecule has 17 heavy (non-hydrogen) atoms. The maximum absolute atomic E-state index is 10.4. The maximum Gasteiger partial charge on any atom is 0.164 e. The van der Waals surface area contributed by atoms with Crippen LogP contribution in [0.4, 0.5) is 0 Å². The molecule has 0 amide bonds. The Morgan fingerprint density at radius 3 is 2.47 bits per heavy atom. The van der Waals surface area contributed by atoms with Gasteiger partial charge in [0.05, 0.1) is 0 Å². The first-order valence-electron chi connectivity index (χ1n) is 5.61. The molecule has 0 spiro atoms. The fourth-order valence-corrected chi connectivity index (χ4v) is 2.24. The molecular formula is C13H16N2OS. The predicted octanol–water partition coefficient (Wildman–Crippen LogP) is 2.40. The van der Waals surface area contributed by atoms with Crippen LogP contribution in [0.25, 0.3) is 0 Å². The van der Waals surface area contributed by atoms with Gasteiger partial charge in [-0.15, -0.1) is 0 Å². The average Bonchev–Trinajstić information content (AvgIpc) is 2.53. The molecule has 0 aliphatic carbocycles. The minimum absolute atomic E-state index is 0.0239. The standard InChI is InChI=1S/C13H16N2OS/c1-9-10(2)14-15(13(9,3)16)12(17)11-7-5-4-6-8-11/h4-9,16H,1-3H3/t9-,13+/m1/s1. The maximum atomic E-state index is 10.4. The van der Waals surface area contributed by atoms with E-state index in [1.165, 1.54) is 5.01 Å². The molecule has 90 valence electrons. The Bertz CT molecular complexity index is 468. The van der Waals surface area contributed by atoms with E-state index in [0.717, 1.165) is 11.3 Å². The zero-order valence-electron chi connectivity index (χ0n) is 10.2. The van der Waals surface area contributed by atoms with Crippen LogP contribution in [0.2, 0.25) is 0 Å². The molecule has 2 atom stereocenters. The van der Waals surface area contributed by atoms with E-state index in [4.69, 9.17) is 12.2 Å². The van der Waals surface area contributed by atoms with Crippen molar-refractivity contribution in [2.75, 3.05) is 0 Å². The van der Waals surface area contributed by atoms with Crippen LogP contribution in [0.3, 0.4) is 0 Å². The van der Waals surface area contributed by atoms with E-state index >= 15 is 0 Å². The molecule has 0 saturated carbocycles. The fourth-order valence-electron chi connectivity index (χ4n) is 1.88. The molecule has 1 aromatic rings. The first kappa shape index (κ1) is 12.2. The van der Waals surface area contributed by atoms with Crippen LogP contribution in [-0.4, -0.2) is 26.5 Å². The second-order valence-electron chi connectivity index (χ2n) is 4.54. The summed E-state index contributed by atoms with van der Waals surface area (Å²) < 4.78 is 0. The number of thiocarbonyl (C=S) groups is 1. The molecule has 0 fully saturated rings. The molecule has 0 aromatic heterocycles. The van der Waals surface area contributed by atoms with Crippen molar-refractivity contribution < 1.29 is 5.11 Å². The minimum atomic E-state index is -1.04. The lowest BCUT2D eigenvalue weighted by molar-refractivity contribution is -0.0592. The Morgan fingerprint density at radius 2 is 2.00 bits per heavy atom. The molecule has 0 bridgehead atoms. The molecule has 0 radical (unpaired) electrons. The van der Waals surface area contributed by atoms with E-state index in [-0.39, 0.29) is 5.92 Å². The van der Waals surface area contributed by atoms with Gasteiger partial charge in [0.25, 0.3) is 0 Å². The Balaban J connectivity index is 2.34. The Kier molecular flexibility index (Phi) is 3.02. The zero-order valence-corrected chi connectivity index (χ0v) is 11.0. The van der Waals surface area contributed by atoms with Crippen molar-refractivity contribution in [3.8, 4) is 0 Å². The molecule has 1 aliphatic rings. The quantitative estimate of drug-likeness (QED) is 0.775. The van der Waals surface area contributed by atoms with Crippen LogP contribution in [0.5, 0.6) is 0 Å². The Labute approximate surface area is 107 Å². The Morgan fingerprint density at radius 1 is 1.41 bits per heavy atom. The normalized spacial score (nSPS) is 28.1. The van der Waals surface area contributed by atoms with Gasteiger partial charge in [-0.1, -0.05) is 49.5 Å². The summed E-state index contributed by atoms with van der Waals surface area (Å²) in [6, 6.07) is 9.63. The lowest BCUT2D eigenvalue weighted by Crippen LogP contribution is -2.47. The van der Waals surface area contributed by atoms with Crippen molar-refractivity contribution in [3.05, 3.63) is 35.9 Å². The molecule has 3 nitrogen and oxygen atoms in total. The van der Waals surface area contributed by atoms with Crippen molar-refractivity contribution >= 4 is 22.9 Å². The topological polar surface area (TPSA) is 35.8 Å². The monoisotopic (exact) mass is 248 g/mol. The largest absolute Gasteiger partial charge is 0.369 e. The minimum Gasteiger partial charge on any atom is -0.369 e. The SMILES string of the molecule is CC1=NN(C(=S)c2ccccc2)[C@@](C)(O)[C@@H]1C. The van der Waals surface area contributed by atoms with Crippen LogP contribution in [0.15, 0.2) is 35.4 Å². The van der Waals surface area contributed by atoms with Gasteiger partial charge in [0, 0.05) is 17.2 Å². The van der Waals surface area contributed by atoms with Gasteiger partial charge in [-0.3, -0.25) is 0 Å². The molecule has 2 rings (SSSR count). The first-order chi connectivity index (χ1) is 7.94. The van der Waals surface area contributed by atoms with Crippen molar-refractivity contribution in [3.63, 3.8) is 0 Å². The van der Waals surface area contributed by atoms with Crippen LogP contribution in [0.1, 0.15) is 26.3 Å². The third-order valence-electron chi connectivity index (χ3n) is 3.35. The highest BCUT2D eigenvalue weighted by molar-refractivity contribution is 7.80. The summed E-state index contributed by atoms with van der Waals surface area (Å²) in [5, 5.41) is 16.3. The van der Waals surface area contributed by atoms with Gasteiger partial charge in [0.15, 0.2) is 5.72 Å². The Hall–Kier alpha value is -1.26. The van der Waals surface area contributed by atoms with Gasteiger partial charge in [-0.2, -0.15) is 5.10 Å². The number of aliphatic hydroxyl groups is 1. The van der Waals surface area contributed by atoms with E-state index < -0.39 is 5.72 Å². The van der Waals surface area contributed by atoms with Gasteiger partial charge >= 0.3 is 0 Å². The number of benzene rings is 1. The van der Waals surface area contributed by atoms with Gasteiger partial charge in [0.1, 0.15) is 4.99 Å². The smallest absolute Gasteiger partial charge is 0.164 e. The number of hydrogen-bond donors (Lipinski definition) is 1. The summed E-state index contributed by atoms with van der Waals surface area (Å²) in [6.45, 7) is 5.60. The summed E-state index contributed by atoms with van der Waals surface area (Å²) in [5.41, 5.74) is 0.749. The number of nitrogens with zero attached hydrogens (tertiary/aromatic N) is 2. The molecule has 1 aliphatic heterocycles. The summed E-state index contributed by atoms with van der Waals surface area (Å²) in [6.07, 6.45) is 0. The van der Waals surface area contributed by atoms with Crippen LogP contribution >= 0.6 is 12.2 Å². The molecule has 1 N–H and O–H groups in total. The second-order valence-corrected chi connectivity index (χ2v) is 4.93. The molecule has 0 unspecified atom stereocenters. The molecule has 0 saturated heterocycles. The number of hydrogen-bond acceptors (Lipinski definition) is 3. The fraction of sp³-hybridized carbons (Fsp3) is 0.385. The average molecular weight is 248 g/mol. The summed E-state index contributed by atoms with van der Waals surface area (Å²) in [5.74, 6) is -0.0239. The molecule has 1 aromatic carbocycles. The van der Waals surface area contributed by atoms with Gasteiger partial charge in [-0.05, 0) is 13.8 Å². The number of rotatable bonds is 1. The van der Waals surface area contributed by atoms with Gasteiger partial charge in [-0.25, -0.2) is 5.01 Å². The third-order valence-corrected chi connectivity index (χ3v) is 3.76. The lowest BCUT2D eigenvalue weighted by Gasteiger charge is -2.32. The van der Waals surface area contributed by atoms with E-state index in [9.17, 15) is 5.11 Å². The first-order valence-corrected chi connectivity index (χ1v) is 6.02. The summed E-state index contributed by atoms with van der Waals surface area (Å²) in [4.78, 5) is 0.555. The van der Waals surface area contributed by atoms with Crippen molar-refractivity contribution in [1.29, 1.82) is 0 Å². The second kappa shape index (κ2) is 4.20. The molecule has 1 heterocycles. The third kappa shape index (κ3) is 1.98. The molecular weight excluding hydrogens is 232 g/mol. The summed E-state index contributed by atoms with van der Waals surface area (Å²) in [7, 11) is 0. The van der Waals surface area contributed by atoms with E-state index in [0.29, 0.717) is 4.99 Å². The van der Waals surface area contributed by atoms with E-state index in [1.807, 2.05) is 44.2 Å². The van der Waals surface area contributed by atoms with E-state index in [2.05, 4.69) is 5.10 Å². The predicted molar refractivity (Wildman–Crippen MR) is 72.9 cm³/mol. The summed E-state index contributed by atoms with van der Waals surface area (Å²) >= 11 is 5.39. The van der Waals surface area contributed by atoms with Gasteiger partial charge in [0.2, 0.25) is 0 Å². The van der Waals surface area contributed by atoms with Crippen LogP contribution in [-0.2, 0) is 0 Å². The van der Waals surface area contributed by atoms with Crippen LogP contribution < -0.4 is 0 Å². The highest BCUT2D eigenvalue weighted by Gasteiger charge is 2.43.